The maximum atomic E-state index is 6.14. The van der Waals surface area contributed by atoms with Gasteiger partial charge in [0.25, 0.3) is 0 Å². The molecule has 0 amide bonds. The van der Waals surface area contributed by atoms with Gasteiger partial charge in [-0.05, 0) is 44.5 Å². The van der Waals surface area contributed by atoms with Crippen molar-refractivity contribution in [2.45, 2.75) is 20.8 Å². The van der Waals surface area contributed by atoms with Crippen molar-refractivity contribution in [3.63, 3.8) is 0 Å². The van der Waals surface area contributed by atoms with Crippen LogP contribution < -0.4 is 10.8 Å². The summed E-state index contributed by atoms with van der Waals surface area (Å²) in [5.41, 5.74) is 7.71. The zero-order chi connectivity index (χ0) is 18.8. The van der Waals surface area contributed by atoms with Crippen molar-refractivity contribution in [2.24, 2.45) is 5.10 Å². The fourth-order valence-electron chi connectivity index (χ4n) is 3.00. The van der Waals surface area contributed by atoms with Crippen molar-refractivity contribution >= 4 is 16.9 Å². The molecule has 2 aromatic heterocycles. The fraction of sp³-hybridized carbons (Fsp3) is 0.136. The Morgan fingerprint density at radius 2 is 1.59 bits per heavy atom. The number of hydrogen-bond acceptors (Lipinski definition) is 5. The molecule has 134 valence electrons. The van der Waals surface area contributed by atoms with Crippen LogP contribution in [-0.2, 0) is 0 Å². The molecular formula is C22H20N4O. The Kier molecular flexibility index (Phi) is 4.42. The van der Waals surface area contributed by atoms with Crippen LogP contribution in [-0.4, -0.2) is 9.97 Å². The third kappa shape index (κ3) is 3.72. The minimum Gasteiger partial charge on any atom is -0.456 e. The van der Waals surface area contributed by atoms with E-state index in [-0.39, 0.29) is 0 Å². The molecular weight excluding hydrogens is 336 g/mol. The first-order chi connectivity index (χ1) is 13.1. The van der Waals surface area contributed by atoms with Crippen molar-refractivity contribution in [1.29, 1.82) is 0 Å². The molecule has 0 atom stereocenters. The molecule has 0 saturated carbocycles. The molecule has 0 bridgehead atoms. The number of anilines is 1. The van der Waals surface area contributed by atoms with Gasteiger partial charge in [0.1, 0.15) is 11.3 Å². The number of nitrogens with one attached hydrogen (secondary N) is 1. The number of nitrogens with zero attached hydrogens (tertiary/aromatic N) is 3. The minimum atomic E-state index is 0.481. The highest BCUT2D eigenvalue weighted by atomic mass is 16.3. The van der Waals surface area contributed by atoms with Crippen molar-refractivity contribution < 1.29 is 4.42 Å². The van der Waals surface area contributed by atoms with Crippen LogP contribution in [0.2, 0.25) is 0 Å². The van der Waals surface area contributed by atoms with E-state index in [2.05, 4.69) is 20.5 Å². The van der Waals surface area contributed by atoms with E-state index in [9.17, 15) is 0 Å². The average molecular weight is 356 g/mol. The molecule has 0 aliphatic heterocycles. The van der Waals surface area contributed by atoms with E-state index in [1.807, 2.05) is 81.4 Å². The smallest absolute Gasteiger partial charge is 0.243 e. The summed E-state index contributed by atoms with van der Waals surface area (Å²) in [6, 6.07) is 20.0. The first kappa shape index (κ1) is 17.0. The highest BCUT2D eigenvalue weighted by Crippen LogP contribution is 2.22. The molecule has 1 N–H and O–H groups in total. The van der Waals surface area contributed by atoms with Gasteiger partial charge < -0.3 is 4.42 Å². The Bertz CT molecular complexity index is 1160. The zero-order valence-corrected chi connectivity index (χ0v) is 15.5. The Labute approximate surface area is 157 Å². The van der Waals surface area contributed by atoms with Crippen molar-refractivity contribution in [3.8, 4) is 11.3 Å². The van der Waals surface area contributed by atoms with Gasteiger partial charge in [-0.1, -0.05) is 36.4 Å². The molecule has 4 aromatic rings. The molecule has 0 saturated heterocycles. The second-order valence-corrected chi connectivity index (χ2v) is 6.56. The highest BCUT2D eigenvalue weighted by Gasteiger charge is 2.06. The van der Waals surface area contributed by atoms with Crippen LogP contribution in [0.5, 0.6) is 0 Å². The van der Waals surface area contributed by atoms with Crippen molar-refractivity contribution in [3.05, 3.63) is 83.0 Å². The third-order valence-electron chi connectivity index (χ3n) is 4.22. The number of aromatic nitrogens is 2. The Morgan fingerprint density at radius 3 is 2.33 bits per heavy atom. The van der Waals surface area contributed by atoms with Gasteiger partial charge in [-0.3, -0.25) is 0 Å². The Balaban J connectivity index is 1.87. The molecule has 2 heterocycles. The lowest BCUT2D eigenvalue weighted by Gasteiger charge is -2.06. The molecule has 2 aromatic carbocycles. The SMILES string of the molecule is Cc1ccc2/c(=N\Nc3nc(C)cc(C)n3)cc(-c3ccccc3)oc2c1. The molecule has 27 heavy (non-hydrogen) atoms. The van der Waals surface area contributed by atoms with Gasteiger partial charge in [-0.25, -0.2) is 15.4 Å². The molecule has 5 heteroatoms. The van der Waals surface area contributed by atoms with Crippen LogP contribution >= 0.6 is 0 Å². The molecule has 0 radical (unpaired) electrons. The third-order valence-corrected chi connectivity index (χ3v) is 4.22. The predicted molar refractivity (Wildman–Crippen MR) is 107 cm³/mol. The highest BCUT2D eigenvalue weighted by molar-refractivity contribution is 5.79. The van der Waals surface area contributed by atoms with E-state index in [1.54, 1.807) is 0 Å². The maximum Gasteiger partial charge on any atom is 0.243 e. The monoisotopic (exact) mass is 356 g/mol. The predicted octanol–water partition coefficient (Wildman–Crippen LogP) is 4.74. The van der Waals surface area contributed by atoms with Crippen LogP contribution in [0.4, 0.5) is 5.95 Å². The van der Waals surface area contributed by atoms with Crippen LogP contribution in [0.3, 0.4) is 0 Å². The van der Waals surface area contributed by atoms with Crippen LogP contribution in [0.25, 0.3) is 22.3 Å². The lowest BCUT2D eigenvalue weighted by molar-refractivity contribution is 0.618. The Hall–Kier alpha value is -3.47. The van der Waals surface area contributed by atoms with Crippen molar-refractivity contribution in [1.82, 2.24) is 9.97 Å². The molecule has 0 unspecified atom stereocenters. The first-order valence-corrected chi connectivity index (χ1v) is 8.80. The summed E-state index contributed by atoms with van der Waals surface area (Å²) in [4.78, 5) is 8.77. The summed E-state index contributed by atoms with van der Waals surface area (Å²) in [5, 5.41) is 6.27. The van der Waals surface area contributed by atoms with Gasteiger partial charge >= 0.3 is 0 Å². The van der Waals surface area contributed by atoms with Gasteiger partial charge in [-0.15, -0.1) is 0 Å². The topological polar surface area (TPSA) is 63.3 Å². The Morgan fingerprint density at radius 1 is 0.852 bits per heavy atom. The average Bonchev–Trinajstić information content (AvgIpc) is 2.65. The zero-order valence-electron chi connectivity index (χ0n) is 15.5. The van der Waals surface area contributed by atoms with Crippen molar-refractivity contribution in [2.75, 3.05) is 5.43 Å². The number of rotatable bonds is 3. The largest absolute Gasteiger partial charge is 0.456 e. The van der Waals surface area contributed by atoms with E-state index >= 15 is 0 Å². The summed E-state index contributed by atoms with van der Waals surface area (Å²) in [5.74, 6) is 1.24. The van der Waals surface area contributed by atoms with Crippen LogP contribution in [0.1, 0.15) is 17.0 Å². The summed E-state index contributed by atoms with van der Waals surface area (Å²) in [7, 11) is 0. The van der Waals surface area contributed by atoms with Gasteiger partial charge in [0.05, 0.1) is 5.36 Å². The van der Waals surface area contributed by atoms with Gasteiger partial charge in [0.2, 0.25) is 5.95 Å². The van der Waals surface area contributed by atoms with E-state index in [0.29, 0.717) is 5.95 Å². The normalized spacial score (nSPS) is 11.7. The van der Waals surface area contributed by atoms with Crippen LogP contribution in [0, 0.1) is 20.8 Å². The molecule has 0 spiro atoms. The summed E-state index contributed by atoms with van der Waals surface area (Å²) in [6.45, 7) is 5.92. The summed E-state index contributed by atoms with van der Waals surface area (Å²) in [6.07, 6.45) is 0. The van der Waals surface area contributed by atoms with Crippen LogP contribution in [0.15, 0.2) is 70.2 Å². The molecule has 0 aliphatic rings. The van der Waals surface area contributed by atoms with Gasteiger partial charge in [0, 0.05) is 28.4 Å². The summed E-state index contributed by atoms with van der Waals surface area (Å²) >= 11 is 0. The lowest BCUT2D eigenvalue weighted by Crippen LogP contribution is -2.09. The molecule has 5 nitrogen and oxygen atoms in total. The van der Waals surface area contributed by atoms with Gasteiger partial charge in [0.15, 0.2) is 0 Å². The van der Waals surface area contributed by atoms with Gasteiger partial charge in [-0.2, -0.15) is 5.10 Å². The second kappa shape index (κ2) is 7.03. The van der Waals surface area contributed by atoms with E-state index in [1.165, 1.54) is 0 Å². The second-order valence-electron chi connectivity index (χ2n) is 6.56. The number of benzene rings is 2. The first-order valence-electron chi connectivity index (χ1n) is 8.80. The number of hydrogen-bond donors (Lipinski definition) is 1. The van der Waals surface area contributed by atoms with E-state index in [4.69, 9.17) is 4.42 Å². The minimum absolute atomic E-state index is 0.481. The molecule has 4 rings (SSSR count). The summed E-state index contributed by atoms with van der Waals surface area (Å²) < 4.78 is 6.14. The fourth-order valence-corrected chi connectivity index (χ4v) is 3.00. The molecule has 0 fully saturated rings. The van der Waals surface area contributed by atoms with E-state index in [0.717, 1.165) is 44.6 Å². The van der Waals surface area contributed by atoms with E-state index < -0.39 is 0 Å². The standard InChI is InChI=1S/C22H20N4O/c1-14-9-10-18-19(25-26-22-23-15(2)12-16(3)24-22)13-20(27-21(18)11-14)17-7-5-4-6-8-17/h4-13H,1-3H3,(H,23,24,26)/b25-19-. The number of aryl methyl sites for hydroxylation is 3. The quantitative estimate of drug-likeness (QED) is 0.538. The maximum absolute atomic E-state index is 6.14. The number of fused-ring (bicyclic) bond motifs is 1. The lowest BCUT2D eigenvalue weighted by atomic mass is 10.1. The molecule has 0 aliphatic carbocycles.